The summed E-state index contributed by atoms with van der Waals surface area (Å²) in [6.45, 7) is 0. The van der Waals surface area contributed by atoms with Crippen LogP contribution in [0, 0.1) is 5.82 Å². The van der Waals surface area contributed by atoms with Crippen molar-refractivity contribution >= 4 is 20.8 Å². The number of hydrogen-bond donors (Lipinski definition) is 0. The highest BCUT2D eigenvalue weighted by Gasteiger charge is 2.11. The summed E-state index contributed by atoms with van der Waals surface area (Å²) in [5, 5.41) is 0.641. The van der Waals surface area contributed by atoms with E-state index >= 15 is 0 Å². The van der Waals surface area contributed by atoms with Crippen molar-refractivity contribution in [2.24, 2.45) is 0 Å². The molecular formula is C10H9FO3S. The van der Waals surface area contributed by atoms with Crippen LogP contribution in [0.5, 0.6) is 0 Å². The van der Waals surface area contributed by atoms with Gasteiger partial charge < -0.3 is 4.42 Å². The van der Waals surface area contributed by atoms with E-state index in [1.165, 1.54) is 24.5 Å². The van der Waals surface area contributed by atoms with Gasteiger partial charge in [0.2, 0.25) is 0 Å². The summed E-state index contributed by atoms with van der Waals surface area (Å²) in [5.41, 5.74) is 0.932. The van der Waals surface area contributed by atoms with Crippen molar-refractivity contribution in [3.8, 4) is 0 Å². The van der Waals surface area contributed by atoms with Gasteiger partial charge in [-0.05, 0) is 12.1 Å². The highest BCUT2D eigenvalue weighted by Crippen LogP contribution is 2.23. The zero-order chi connectivity index (χ0) is 11.1. The van der Waals surface area contributed by atoms with Crippen LogP contribution in [0.4, 0.5) is 4.39 Å². The summed E-state index contributed by atoms with van der Waals surface area (Å²) >= 11 is 0. The summed E-state index contributed by atoms with van der Waals surface area (Å²) in [4.78, 5) is 0. The van der Waals surface area contributed by atoms with Gasteiger partial charge in [0, 0.05) is 23.3 Å². The number of fused-ring (bicyclic) bond motifs is 1. The molecule has 1 aromatic carbocycles. The Bertz CT molecular complexity index is 598. The first-order chi connectivity index (χ1) is 6.96. The molecule has 5 heteroatoms. The van der Waals surface area contributed by atoms with Gasteiger partial charge in [-0.25, -0.2) is 12.8 Å². The average Bonchev–Trinajstić information content (AvgIpc) is 2.45. The molecule has 0 atom stereocenters. The monoisotopic (exact) mass is 228 g/mol. The lowest BCUT2D eigenvalue weighted by atomic mass is 10.2. The SMILES string of the molecule is CS(=O)(=O)Cc1coc2cc(F)ccc12. The molecule has 0 N–H and O–H groups in total. The normalized spacial score (nSPS) is 12.1. The Hall–Kier alpha value is -1.36. The van der Waals surface area contributed by atoms with Gasteiger partial charge in [-0.1, -0.05) is 0 Å². The Morgan fingerprint density at radius 1 is 1.40 bits per heavy atom. The molecule has 0 aliphatic rings. The standard InChI is InChI=1S/C10H9FO3S/c1-15(12,13)6-7-5-14-10-4-8(11)2-3-9(7)10/h2-5H,6H2,1H3. The second-order valence-corrected chi connectivity index (χ2v) is 5.61. The van der Waals surface area contributed by atoms with Gasteiger partial charge in [0.25, 0.3) is 0 Å². The number of halogens is 1. The van der Waals surface area contributed by atoms with Crippen molar-refractivity contribution in [1.82, 2.24) is 0 Å². The third-order valence-electron chi connectivity index (χ3n) is 2.04. The van der Waals surface area contributed by atoms with Crippen LogP contribution in [0.15, 0.2) is 28.9 Å². The van der Waals surface area contributed by atoms with Gasteiger partial charge in [-0.3, -0.25) is 0 Å². The Balaban J connectivity index is 2.55. The van der Waals surface area contributed by atoms with Crippen molar-refractivity contribution in [3.63, 3.8) is 0 Å². The molecular weight excluding hydrogens is 219 g/mol. The van der Waals surface area contributed by atoms with E-state index < -0.39 is 15.7 Å². The summed E-state index contributed by atoms with van der Waals surface area (Å²) in [5.74, 6) is -0.492. The number of furan rings is 1. The second kappa shape index (κ2) is 3.34. The van der Waals surface area contributed by atoms with Crippen LogP contribution in [-0.2, 0) is 15.6 Å². The molecule has 15 heavy (non-hydrogen) atoms. The molecule has 2 aromatic rings. The maximum atomic E-state index is 12.8. The Kier molecular flexibility index (Phi) is 2.26. The summed E-state index contributed by atoms with van der Waals surface area (Å²) in [6, 6.07) is 4.04. The molecule has 0 radical (unpaired) electrons. The van der Waals surface area contributed by atoms with Gasteiger partial charge in [0.15, 0.2) is 9.84 Å². The molecule has 0 fully saturated rings. The minimum atomic E-state index is -3.10. The van der Waals surface area contributed by atoms with Crippen molar-refractivity contribution in [2.45, 2.75) is 5.75 Å². The van der Waals surface area contributed by atoms with Gasteiger partial charge >= 0.3 is 0 Å². The highest BCUT2D eigenvalue weighted by molar-refractivity contribution is 7.89. The Morgan fingerprint density at radius 3 is 2.80 bits per heavy atom. The van der Waals surface area contributed by atoms with Crippen LogP contribution >= 0.6 is 0 Å². The number of sulfone groups is 1. The first-order valence-corrected chi connectivity index (χ1v) is 6.35. The van der Waals surface area contributed by atoms with Gasteiger partial charge in [0.1, 0.15) is 11.4 Å². The molecule has 3 nitrogen and oxygen atoms in total. The molecule has 2 rings (SSSR count). The highest BCUT2D eigenvalue weighted by atomic mass is 32.2. The molecule has 1 heterocycles. The quantitative estimate of drug-likeness (QED) is 0.791. The largest absolute Gasteiger partial charge is 0.464 e. The second-order valence-electron chi connectivity index (χ2n) is 3.47. The maximum absolute atomic E-state index is 12.8. The van der Waals surface area contributed by atoms with Gasteiger partial charge in [-0.15, -0.1) is 0 Å². The minimum Gasteiger partial charge on any atom is -0.464 e. The molecule has 0 saturated carbocycles. The third kappa shape index (κ3) is 2.18. The third-order valence-corrected chi connectivity index (χ3v) is 2.87. The lowest BCUT2D eigenvalue weighted by molar-refractivity contribution is 0.591. The fraction of sp³-hybridized carbons (Fsp3) is 0.200. The predicted octanol–water partition coefficient (Wildman–Crippen LogP) is 2.12. The molecule has 0 bridgehead atoms. The number of hydrogen-bond acceptors (Lipinski definition) is 3. The van der Waals surface area contributed by atoms with Crippen molar-refractivity contribution < 1.29 is 17.2 Å². The first-order valence-electron chi connectivity index (χ1n) is 4.29. The topological polar surface area (TPSA) is 47.3 Å². The molecule has 0 aliphatic carbocycles. The van der Waals surface area contributed by atoms with E-state index in [9.17, 15) is 12.8 Å². The summed E-state index contributed by atoms with van der Waals surface area (Å²) in [7, 11) is -3.10. The van der Waals surface area contributed by atoms with E-state index in [0.717, 1.165) is 6.26 Å². The molecule has 0 saturated heterocycles. The van der Waals surface area contributed by atoms with E-state index in [0.29, 0.717) is 16.5 Å². The van der Waals surface area contributed by atoms with Crippen LogP contribution in [-0.4, -0.2) is 14.7 Å². The minimum absolute atomic E-state index is 0.0916. The van der Waals surface area contributed by atoms with E-state index in [2.05, 4.69) is 0 Å². The van der Waals surface area contributed by atoms with E-state index in [4.69, 9.17) is 4.42 Å². The zero-order valence-electron chi connectivity index (χ0n) is 8.03. The summed E-state index contributed by atoms with van der Waals surface area (Å²) < 4.78 is 40.1. The number of benzene rings is 1. The maximum Gasteiger partial charge on any atom is 0.151 e. The van der Waals surface area contributed by atoms with Crippen LogP contribution in [0.1, 0.15) is 5.56 Å². The van der Waals surface area contributed by atoms with Crippen molar-refractivity contribution in [3.05, 3.63) is 35.8 Å². The van der Waals surface area contributed by atoms with E-state index in [1.807, 2.05) is 0 Å². The average molecular weight is 228 g/mol. The Labute approximate surface area is 86.4 Å². The molecule has 1 aromatic heterocycles. The van der Waals surface area contributed by atoms with Crippen molar-refractivity contribution in [2.75, 3.05) is 6.26 Å². The van der Waals surface area contributed by atoms with Gasteiger partial charge in [-0.2, -0.15) is 0 Å². The van der Waals surface area contributed by atoms with Crippen LogP contribution in [0.2, 0.25) is 0 Å². The number of rotatable bonds is 2. The van der Waals surface area contributed by atoms with Gasteiger partial charge in [0.05, 0.1) is 12.0 Å². The molecule has 0 aliphatic heterocycles. The fourth-order valence-corrected chi connectivity index (χ4v) is 2.24. The molecule has 0 amide bonds. The summed E-state index contributed by atoms with van der Waals surface area (Å²) in [6.07, 6.45) is 2.50. The van der Waals surface area contributed by atoms with E-state index in [-0.39, 0.29) is 5.75 Å². The van der Waals surface area contributed by atoms with Crippen molar-refractivity contribution in [1.29, 1.82) is 0 Å². The van der Waals surface area contributed by atoms with Crippen LogP contribution in [0.25, 0.3) is 11.0 Å². The molecule has 0 unspecified atom stereocenters. The zero-order valence-corrected chi connectivity index (χ0v) is 8.84. The molecule has 0 spiro atoms. The molecule has 80 valence electrons. The fourth-order valence-electron chi connectivity index (χ4n) is 1.45. The Morgan fingerprint density at radius 2 is 2.13 bits per heavy atom. The first kappa shape index (κ1) is 10.2. The smallest absolute Gasteiger partial charge is 0.151 e. The van der Waals surface area contributed by atoms with E-state index in [1.54, 1.807) is 0 Å². The lowest BCUT2D eigenvalue weighted by Crippen LogP contribution is -1.99. The predicted molar refractivity (Wildman–Crippen MR) is 54.7 cm³/mol. The van der Waals surface area contributed by atoms with Crippen LogP contribution < -0.4 is 0 Å². The van der Waals surface area contributed by atoms with Crippen LogP contribution in [0.3, 0.4) is 0 Å². The lowest BCUT2D eigenvalue weighted by Gasteiger charge is -1.95.